The largest absolute Gasteiger partial charge is 0.506 e. The molecule has 1 heterocycles. The minimum Gasteiger partial charge on any atom is -0.506 e. The highest BCUT2D eigenvalue weighted by Gasteiger charge is 2.12. The van der Waals surface area contributed by atoms with E-state index in [9.17, 15) is 5.11 Å². The number of aromatic nitrogens is 1. The van der Waals surface area contributed by atoms with Gasteiger partial charge in [-0.3, -0.25) is 4.98 Å². The fourth-order valence-corrected chi connectivity index (χ4v) is 3.67. The van der Waals surface area contributed by atoms with Crippen molar-refractivity contribution in [2.45, 2.75) is 0 Å². The van der Waals surface area contributed by atoms with Crippen molar-refractivity contribution in [1.82, 2.24) is 4.98 Å². The third-order valence-corrected chi connectivity index (χ3v) is 4.81. The van der Waals surface area contributed by atoms with Crippen LogP contribution < -0.4 is 0 Å². The van der Waals surface area contributed by atoms with Gasteiger partial charge in [0.25, 0.3) is 0 Å². The minimum absolute atomic E-state index is 0.212. The molecular weight excluding hydrogens is 306 g/mol. The summed E-state index contributed by atoms with van der Waals surface area (Å²) in [6.45, 7) is 0. The van der Waals surface area contributed by atoms with Crippen LogP contribution >= 0.6 is 0 Å². The average Bonchev–Trinajstić information content (AvgIpc) is 2.68. The Morgan fingerprint density at radius 2 is 1.32 bits per heavy atom. The van der Waals surface area contributed by atoms with Gasteiger partial charge in [0.05, 0.1) is 0 Å². The van der Waals surface area contributed by atoms with Gasteiger partial charge in [0, 0.05) is 11.6 Å². The summed E-state index contributed by atoms with van der Waals surface area (Å²) in [6, 6.07) is 26.8. The van der Waals surface area contributed by atoms with E-state index in [1.165, 1.54) is 21.5 Å². The zero-order valence-corrected chi connectivity index (χ0v) is 13.5. The third kappa shape index (κ3) is 2.08. The number of phenols is 1. The number of fused-ring (bicyclic) bond motifs is 4. The Morgan fingerprint density at radius 3 is 2.20 bits per heavy atom. The normalized spacial score (nSPS) is 11.4. The first-order valence-corrected chi connectivity index (χ1v) is 8.30. The van der Waals surface area contributed by atoms with Gasteiger partial charge in [-0.05, 0) is 56.9 Å². The molecule has 1 N–H and O–H groups in total. The van der Waals surface area contributed by atoms with E-state index in [4.69, 9.17) is 0 Å². The van der Waals surface area contributed by atoms with E-state index in [1.807, 2.05) is 18.2 Å². The summed E-state index contributed by atoms with van der Waals surface area (Å²) in [7, 11) is 0. The Morgan fingerprint density at radius 1 is 0.600 bits per heavy atom. The Balaban J connectivity index is 1.98. The number of phenolic OH excluding ortho intramolecular Hbond substituents is 1. The molecule has 0 aliphatic carbocycles. The van der Waals surface area contributed by atoms with Gasteiger partial charge in [0.15, 0.2) is 0 Å². The fraction of sp³-hybridized carbons (Fsp3) is 0. The number of hydrogen-bond donors (Lipinski definition) is 1. The van der Waals surface area contributed by atoms with Crippen molar-refractivity contribution in [2.75, 3.05) is 0 Å². The first-order chi connectivity index (χ1) is 12.3. The standard InChI is InChI=1S/C23H15NO/c25-22-12-11-19(20-10-5-13-24-23(20)22)21-14-15-6-1-2-7-16(15)17-8-3-4-9-18(17)21/h1-14,25H. The molecule has 0 aliphatic rings. The quantitative estimate of drug-likeness (QED) is 0.389. The smallest absolute Gasteiger partial charge is 0.141 e. The summed E-state index contributed by atoms with van der Waals surface area (Å²) in [4.78, 5) is 4.36. The van der Waals surface area contributed by atoms with Gasteiger partial charge in [0.1, 0.15) is 11.3 Å². The third-order valence-electron chi connectivity index (χ3n) is 4.81. The molecule has 25 heavy (non-hydrogen) atoms. The maximum Gasteiger partial charge on any atom is 0.141 e. The van der Waals surface area contributed by atoms with Crippen LogP contribution in [0.4, 0.5) is 0 Å². The van der Waals surface area contributed by atoms with E-state index in [2.05, 4.69) is 59.6 Å². The molecule has 118 valence electrons. The molecule has 0 bridgehead atoms. The first kappa shape index (κ1) is 14.0. The van der Waals surface area contributed by atoms with Gasteiger partial charge in [-0.2, -0.15) is 0 Å². The monoisotopic (exact) mass is 321 g/mol. The van der Waals surface area contributed by atoms with Crippen LogP contribution in [0.1, 0.15) is 0 Å². The lowest BCUT2D eigenvalue weighted by Crippen LogP contribution is -1.87. The van der Waals surface area contributed by atoms with Crippen LogP contribution in [0.5, 0.6) is 5.75 Å². The molecule has 0 unspecified atom stereocenters. The van der Waals surface area contributed by atoms with Gasteiger partial charge in [-0.25, -0.2) is 0 Å². The van der Waals surface area contributed by atoms with Gasteiger partial charge < -0.3 is 5.11 Å². The van der Waals surface area contributed by atoms with Crippen molar-refractivity contribution in [3.63, 3.8) is 0 Å². The molecule has 0 aliphatic heterocycles. The zero-order valence-electron chi connectivity index (χ0n) is 13.5. The number of nitrogens with zero attached hydrogens (tertiary/aromatic N) is 1. The second-order valence-electron chi connectivity index (χ2n) is 6.22. The molecule has 0 radical (unpaired) electrons. The fourth-order valence-electron chi connectivity index (χ4n) is 3.67. The van der Waals surface area contributed by atoms with Crippen LogP contribution in [0.15, 0.2) is 85.1 Å². The Hall–Kier alpha value is -3.39. The highest BCUT2D eigenvalue weighted by Crippen LogP contribution is 2.39. The minimum atomic E-state index is 0.212. The maximum absolute atomic E-state index is 10.2. The van der Waals surface area contributed by atoms with Crippen molar-refractivity contribution in [3.8, 4) is 16.9 Å². The van der Waals surface area contributed by atoms with Crippen molar-refractivity contribution in [3.05, 3.63) is 85.1 Å². The number of rotatable bonds is 1. The van der Waals surface area contributed by atoms with E-state index in [-0.39, 0.29) is 5.75 Å². The Labute approximate surface area is 145 Å². The molecule has 2 heteroatoms. The topological polar surface area (TPSA) is 33.1 Å². The lowest BCUT2D eigenvalue weighted by Gasteiger charge is -2.13. The van der Waals surface area contributed by atoms with Gasteiger partial charge in [0.2, 0.25) is 0 Å². The number of aromatic hydroxyl groups is 1. The first-order valence-electron chi connectivity index (χ1n) is 8.30. The van der Waals surface area contributed by atoms with Crippen LogP contribution in [-0.2, 0) is 0 Å². The molecule has 0 fully saturated rings. The average molecular weight is 321 g/mol. The van der Waals surface area contributed by atoms with Crippen LogP contribution in [0, 0.1) is 0 Å². The molecule has 0 amide bonds. The second-order valence-corrected chi connectivity index (χ2v) is 6.22. The predicted octanol–water partition coefficient (Wildman–Crippen LogP) is 5.91. The molecule has 0 spiro atoms. The van der Waals surface area contributed by atoms with Crippen molar-refractivity contribution < 1.29 is 5.11 Å². The highest BCUT2D eigenvalue weighted by atomic mass is 16.3. The van der Waals surface area contributed by atoms with Gasteiger partial charge in [-0.1, -0.05) is 54.6 Å². The van der Waals surface area contributed by atoms with E-state index < -0.39 is 0 Å². The number of pyridine rings is 1. The molecule has 2 nitrogen and oxygen atoms in total. The lowest BCUT2D eigenvalue weighted by molar-refractivity contribution is 0.480. The van der Waals surface area contributed by atoms with Crippen molar-refractivity contribution >= 4 is 32.4 Å². The van der Waals surface area contributed by atoms with Gasteiger partial charge in [-0.15, -0.1) is 0 Å². The van der Waals surface area contributed by atoms with Crippen LogP contribution in [0.25, 0.3) is 43.6 Å². The molecular formula is C23H15NO. The van der Waals surface area contributed by atoms with E-state index in [0.29, 0.717) is 5.52 Å². The zero-order chi connectivity index (χ0) is 16.8. The molecule has 0 saturated heterocycles. The summed E-state index contributed by atoms with van der Waals surface area (Å²) in [6.07, 6.45) is 1.71. The van der Waals surface area contributed by atoms with Crippen molar-refractivity contribution in [2.24, 2.45) is 0 Å². The van der Waals surface area contributed by atoms with E-state index in [0.717, 1.165) is 16.5 Å². The number of benzene rings is 4. The van der Waals surface area contributed by atoms with Crippen LogP contribution in [-0.4, -0.2) is 10.1 Å². The second kappa shape index (κ2) is 5.32. The lowest BCUT2D eigenvalue weighted by atomic mass is 9.91. The Kier molecular flexibility index (Phi) is 2.98. The molecule has 0 saturated carbocycles. The van der Waals surface area contributed by atoms with Gasteiger partial charge >= 0.3 is 0 Å². The van der Waals surface area contributed by atoms with E-state index >= 15 is 0 Å². The summed E-state index contributed by atoms with van der Waals surface area (Å²) in [5, 5.41) is 16.0. The van der Waals surface area contributed by atoms with E-state index in [1.54, 1.807) is 12.3 Å². The molecule has 0 atom stereocenters. The molecule has 5 rings (SSSR count). The predicted molar refractivity (Wildman–Crippen MR) is 104 cm³/mol. The Bertz CT molecular complexity index is 1260. The van der Waals surface area contributed by atoms with Crippen LogP contribution in [0.3, 0.4) is 0 Å². The van der Waals surface area contributed by atoms with Crippen LogP contribution in [0.2, 0.25) is 0 Å². The number of hydrogen-bond acceptors (Lipinski definition) is 2. The molecule has 1 aromatic heterocycles. The molecule has 5 aromatic rings. The van der Waals surface area contributed by atoms with Crippen molar-refractivity contribution in [1.29, 1.82) is 0 Å². The summed E-state index contributed by atoms with van der Waals surface area (Å²) in [5.74, 6) is 0.212. The summed E-state index contributed by atoms with van der Waals surface area (Å²) < 4.78 is 0. The highest BCUT2D eigenvalue weighted by molar-refractivity contribution is 6.16. The summed E-state index contributed by atoms with van der Waals surface area (Å²) >= 11 is 0. The summed E-state index contributed by atoms with van der Waals surface area (Å²) in [5.41, 5.74) is 2.88. The molecule has 4 aromatic carbocycles. The maximum atomic E-state index is 10.2. The SMILES string of the molecule is Oc1ccc(-c2cc3ccccc3c3ccccc23)c2cccnc12.